The van der Waals surface area contributed by atoms with Gasteiger partial charge in [0.2, 0.25) is 0 Å². The van der Waals surface area contributed by atoms with E-state index < -0.39 is 0 Å². The van der Waals surface area contributed by atoms with Crippen LogP contribution in [-0.2, 0) is 19.3 Å². The van der Waals surface area contributed by atoms with E-state index in [-0.39, 0.29) is 0 Å². The van der Waals surface area contributed by atoms with Gasteiger partial charge in [-0.05, 0) is 43.4 Å². The SMILES string of the molecule is [CH2]Cc1cccnc1CCc1ccccc1. The van der Waals surface area contributed by atoms with Gasteiger partial charge >= 0.3 is 0 Å². The summed E-state index contributed by atoms with van der Waals surface area (Å²) in [7, 11) is 0. The summed E-state index contributed by atoms with van der Waals surface area (Å²) < 4.78 is 0. The fraction of sp³-hybridized carbons (Fsp3) is 0.200. The molecule has 1 heteroatoms. The van der Waals surface area contributed by atoms with Crippen LogP contribution in [0, 0.1) is 6.92 Å². The zero-order chi connectivity index (χ0) is 11.2. The highest BCUT2D eigenvalue weighted by atomic mass is 14.7. The molecule has 0 spiro atoms. The van der Waals surface area contributed by atoms with Gasteiger partial charge in [-0.1, -0.05) is 36.4 Å². The summed E-state index contributed by atoms with van der Waals surface area (Å²) in [5.74, 6) is 0. The molecule has 0 amide bonds. The summed E-state index contributed by atoms with van der Waals surface area (Å²) in [6.07, 6.45) is 4.72. The molecule has 0 aliphatic rings. The molecule has 1 aromatic heterocycles. The van der Waals surface area contributed by atoms with Crippen LogP contribution in [0.5, 0.6) is 0 Å². The van der Waals surface area contributed by atoms with Crippen molar-refractivity contribution in [2.45, 2.75) is 19.3 Å². The molecule has 1 nitrogen and oxygen atoms in total. The van der Waals surface area contributed by atoms with Gasteiger partial charge in [0.15, 0.2) is 0 Å². The topological polar surface area (TPSA) is 12.9 Å². The first kappa shape index (κ1) is 10.9. The van der Waals surface area contributed by atoms with Gasteiger partial charge in [0.1, 0.15) is 0 Å². The monoisotopic (exact) mass is 210 g/mol. The van der Waals surface area contributed by atoms with Crippen molar-refractivity contribution < 1.29 is 0 Å². The van der Waals surface area contributed by atoms with Crippen LogP contribution in [0.25, 0.3) is 0 Å². The van der Waals surface area contributed by atoms with Gasteiger partial charge in [0.25, 0.3) is 0 Å². The fourth-order valence-corrected chi connectivity index (χ4v) is 1.83. The first-order chi connectivity index (χ1) is 7.90. The standard InChI is InChI=1S/C15H16N/c1-2-14-9-6-12-16-15(14)11-10-13-7-4-3-5-8-13/h3-9,12H,1-2,10-11H2. The lowest BCUT2D eigenvalue weighted by Gasteiger charge is -2.06. The van der Waals surface area contributed by atoms with Crippen LogP contribution >= 0.6 is 0 Å². The maximum atomic E-state index is 4.42. The van der Waals surface area contributed by atoms with E-state index in [0.717, 1.165) is 19.3 Å². The largest absolute Gasteiger partial charge is 0.261 e. The molecule has 1 radical (unpaired) electrons. The van der Waals surface area contributed by atoms with Crippen LogP contribution in [0.1, 0.15) is 16.8 Å². The molecular formula is C15H16N. The summed E-state index contributed by atoms with van der Waals surface area (Å²) >= 11 is 0. The smallest absolute Gasteiger partial charge is 0.0438 e. The molecule has 1 aromatic carbocycles. The molecular weight excluding hydrogens is 194 g/mol. The van der Waals surface area contributed by atoms with Crippen LogP contribution in [0.2, 0.25) is 0 Å². The van der Waals surface area contributed by atoms with E-state index in [9.17, 15) is 0 Å². The van der Waals surface area contributed by atoms with E-state index in [4.69, 9.17) is 0 Å². The minimum absolute atomic E-state index is 0.817. The van der Waals surface area contributed by atoms with Crippen molar-refractivity contribution in [3.05, 3.63) is 72.4 Å². The zero-order valence-electron chi connectivity index (χ0n) is 9.39. The van der Waals surface area contributed by atoms with E-state index >= 15 is 0 Å². The molecule has 81 valence electrons. The molecule has 2 aromatic rings. The minimum Gasteiger partial charge on any atom is -0.261 e. The zero-order valence-corrected chi connectivity index (χ0v) is 9.39. The number of hydrogen-bond donors (Lipinski definition) is 0. The summed E-state index contributed by atoms with van der Waals surface area (Å²) in [5.41, 5.74) is 3.81. The second kappa shape index (κ2) is 5.45. The van der Waals surface area contributed by atoms with E-state index in [1.165, 1.54) is 16.8 Å². The van der Waals surface area contributed by atoms with Crippen LogP contribution in [0.15, 0.2) is 48.7 Å². The molecule has 0 saturated carbocycles. The number of benzene rings is 1. The Morgan fingerprint density at radius 2 is 1.75 bits per heavy atom. The van der Waals surface area contributed by atoms with E-state index in [0.29, 0.717) is 0 Å². The molecule has 1 heterocycles. The number of aromatic nitrogens is 1. The van der Waals surface area contributed by atoms with Gasteiger partial charge in [-0.2, -0.15) is 0 Å². The van der Waals surface area contributed by atoms with Crippen molar-refractivity contribution in [1.29, 1.82) is 0 Å². The van der Waals surface area contributed by atoms with Crippen LogP contribution < -0.4 is 0 Å². The predicted octanol–water partition coefficient (Wildman–Crippen LogP) is 3.24. The lowest BCUT2D eigenvalue weighted by atomic mass is 10.0. The summed E-state index contributed by atoms with van der Waals surface area (Å²) in [6.45, 7) is 3.93. The lowest BCUT2D eigenvalue weighted by molar-refractivity contribution is 0.891. The summed E-state index contributed by atoms with van der Waals surface area (Å²) in [5, 5.41) is 0. The molecule has 0 fully saturated rings. The van der Waals surface area contributed by atoms with Crippen molar-refractivity contribution in [2.75, 3.05) is 0 Å². The van der Waals surface area contributed by atoms with Gasteiger partial charge in [-0.15, -0.1) is 0 Å². The van der Waals surface area contributed by atoms with Gasteiger partial charge < -0.3 is 0 Å². The van der Waals surface area contributed by atoms with E-state index in [1.807, 2.05) is 18.3 Å². The average Bonchev–Trinajstić information content (AvgIpc) is 2.38. The third kappa shape index (κ3) is 2.69. The first-order valence-corrected chi connectivity index (χ1v) is 5.66. The Balaban J connectivity index is 2.05. The second-order valence-electron chi connectivity index (χ2n) is 3.84. The molecule has 0 bridgehead atoms. The summed E-state index contributed by atoms with van der Waals surface area (Å²) in [6, 6.07) is 14.6. The number of rotatable bonds is 4. The van der Waals surface area contributed by atoms with Crippen LogP contribution in [0.3, 0.4) is 0 Å². The van der Waals surface area contributed by atoms with Gasteiger partial charge in [-0.25, -0.2) is 0 Å². The highest BCUT2D eigenvalue weighted by molar-refractivity contribution is 5.23. The van der Waals surface area contributed by atoms with Crippen molar-refractivity contribution in [3.63, 3.8) is 0 Å². The Morgan fingerprint density at radius 3 is 2.50 bits per heavy atom. The molecule has 2 rings (SSSR count). The summed E-state index contributed by atoms with van der Waals surface area (Å²) in [4.78, 5) is 4.42. The number of nitrogens with zero attached hydrogens (tertiary/aromatic N) is 1. The number of hydrogen-bond acceptors (Lipinski definition) is 1. The number of aryl methyl sites for hydroxylation is 2. The maximum absolute atomic E-state index is 4.42. The van der Waals surface area contributed by atoms with Crippen molar-refractivity contribution >= 4 is 0 Å². The average molecular weight is 210 g/mol. The van der Waals surface area contributed by atoms with Crippen LogP contribution in [-0.4, -0.2) is 4.98 Å². The van der Waals surface area contributed by atoms with Crippen molar-refractivity contribution in [3.8, 4) is 0 Å². The van der Waals surface area contributed by atoms with Gasteiger partial charge in [0, 0.05) is 11.9 Å². The van der Waals surface area contributed by atoms with Crippen molar-refractivity contribution in [2.24, 2.45) is 0 Å². The Bertz CT molecular complexity index is 434. The quantitative estimate of drug-likeness (QED) is 0.755. The molecule has 0 N–H and O–H groups in total. The Kier molecular flexibility index (Phi) is 3.71. The molecule has 0 unspecified atom stereocenters. The third-order valence-corrected chi connectivity index (χ3v) is 2.75. The van der Waals surface area contributed by atoms with Crippen molar-refractivity contribution in [1.82, 2.24) is 4.98 Å². The second-order valence-corrected chi connectivity index (χ2v) is 3.84. The molecule has 0 aliphatic carbocycles. The molecule has 0 saturated heterocycles. The van der Waals surface area contributed by atoms with E-state index in [2.05, 4.69) is 42.2 Å². The fourth-order valence-electron chi connectivity index (χ4n) is 1.83. The third-order valence-electron chi connectivity index (χ3n) is 2.75. The lowest BCUT2D eigenvalue weighted by Crippen LogP contribution is -1.99. The highest BCUT2D eigenvalue weighted by Crippen LogP contribution is 2.10. The Hall–Kier alpha value is -1.63. The van der Waals surface area contributed by atoms with Gasteiger partial charge in [0.05, 0.1) is 0 Å². The maximum Gasteiger partial charge on any atom is 0.0438 e. The van der Waals surface area contributed by atoms with Crippen LogP contribution in [0.4, 0.5) is 0 Å². The highest BCUT2D eigenvalue weighted by Gasteiger charge is 2.01. The predicted molar refractivity (Wildman–Crippen MR) is 67.1 cm³/mol. The van der Waals surface area contributed by atoms with Gasteiger partial charge in [-0.3, -0.25) is 4.98 Å². The Morgan fingerprint density at radius 1 is 0.938 bits per heavy atom. The normalized spacial score (nSPS) is 10.3. The molecule has 0 atom stereocenters. The Labute approximate surface area is 97.2 Å². The molecule has 0 aliphatic heterocycles. The van der Waals surface area contributed by atoms with E-state index in [1.54, 1.807) is 0 Å². The number of pyridine rings is 1. The first-order valence-electron chi connectivity index (χ1n) is 5.66. The molecule has 16 heavy (non-hydrogen) atoms. The minimum atomic E-state index is 0.817.